The number of aromatic amines is 1. The molecule has 8 nitrogen and oxygen atoms in total. The number of rotatable bonds is 4. The molecule has 0 bridgehead atoms. The number of likely N-dealkylation sites (N-methyl/N-ethyl adjacent to an activating group) is 1. The number of hydrogen-bond donors (Lipinski definition) is 2. The second-order valence-corrected chi connectivity index (χ2v) is 9.89. The van der Waals surface area contributed by atoms with Crippen molar-refractivity contribution < 1.29 is 14.6 Å². The van der Waals surface area contributed by atoms with E-state index in [0.29, 0.717) is 5.75 Å². The number of nitrogens with one attached hydrogen (secondary N) is 1. The van der Waals surface area contributed by atoms with Crippen LogP contribution in [-0.4, -0.2) is 55.9 Å². The molecule has 0 fully saturated rings. The Morgan fingerprint density at radius 2 is 2.03 bits per heavy atom. The van der Waals surface area contributed by atoms with Crippen LogP contribution in [0.5, 0.6) is 11.6 Å². The van der Waals surface area contributed by atoms with Crippen LogP contribution in [0.15, 0.2) is 30.6 Å². The Hall–Kier alpha value is -3.94. The van der Waals surface area contributed by atoms with E-state index < -0.39 is 0 Å². The van der Waals surface area contributed by atoms with Crippen LogP contribution >= 0.6 is 0 Å². The van der Waals surface area contributed by atoms with Gasteiger partial charge in [0.2, 0.25) is 0 Å². The summed E-state index contributed by atoms with van der Waals surface area (Å²) in [5.74, 6) is 0.731. The fraction of sp³-hybridized carbons (Fsp3) is 0.333. The van der Waals surface area contributed by atoms with E-state index in [-0.39, 0.29) is 24.4 Å². The smallest absolute Gasteiger partial charge is 0.259 e. The van der Waals surface area contributed by atoms with Crippen LogP contribution in [0.1, 0.15) is 31.1 Å². The summed E-state index contributed by atoms with van der Waals surface area (Å²) in [6, 6.07) is 6.25. The van der Waals surface area contributed by atoms with Gasteiger partial charge in [0.1, 0.15) is 5.75 Å². The van der Waals surface area contributed by atoms with E-state index in [1.54, 1.807) is 14.1 Å². The summed E-state index contributed by atoms with van der Waals surface area (Å²) in [6.07, 6.45) is 5.65. The molecule has 0 saturated carbocycles. The molecule has 0 aliphatic heterocycles. The molecule has 0 radical (unpaired) electrons. The Morgan fingerprint density at radius 3 is 2.77 bits per heavy atom. The minimum absolute atomic E-state index is 0.0130. The molecule has 0 saturated heterocycles. The molecular formula is C27H29N5O3. The number of H-pyrrole nitrogens is 1. The number of benzene rings is 2. The zero-order valence-electron chi connectivity index (χ0n) is 20.6. The van der Waals surface area contributed by atoms with Crippen molar-refractivity contribution >= 4 is 38.5 Å². The van der Waals surface area contributed by atoms with Crippen LogP contribution in [0.3, 0.4) is 0 Å². The second kappa shape index (κ2) is 7.53. The quantitative estimate of drug-likeness (QED) is 0.403. The van der Waals surface area contributed by atoms with Gasteiger partial charge in [-0.1, -0.05) is 0 Å². The van der Waals surface area contributed by atoms with Gasteiger partial charge in [-0.25, -0.2) is 0 Å². The van der Waals surface area contributed by atoms with E-state index in [9.17, 15) is 9.90 Å². The number of nitrogens with zero attached hydrogens (tertiary/aromatic N) is 4. The molecule has 0 atom stereocenters. The van der Waals surface area contributed by atoms with Gasteiger partial charge in [0.15, 0.2) is 12.5 Å². The van der Waals surface area contributed by atoms with Crippen molar-refractivity contribution in [2.75, 3.05) is 20.7 Å². The molecule has 6 rings (SSSR count). The molecule has 35 heavy (non-hydrogen) atoms. The van der Waals surface area contributed by atoms with Crippen LogP contribution in [0.2, 0.25) is 0 Å². The number of carbonyl (C=O) groups excluding carboxylic acids is 1. The molecule has 0 spiro atoms. The molecule has 8 heteroatoms. The molecule has 3 aromatic heterocycles. The predicted molar refractivity (Wildman–Crippen MR) is 137 cm³/mol. The molecule has 1 aliphatic rings. The molecular weight excluding hydrogens is 442 g/mol. The van der Waals surface area contributed by atoms with E-state index in [0.717, 1.165) is 56.7 Å². The van der Waals surface area contributed by atoms with Gasteiger partial charge in [-0.2, -0.15) is 5.10 Å². The van der Waals surface area contributed by atoms with Crippen molar-refractivity contribution in [3.05, 3.63) is 41.9 Å². The number of aromatic hydroxyl groups is 1. The summed E-state index contributed by atoms with van der Waals surface area (Å²) in [4.78, 5) is 16.7. The number of ether oxygens (including phenoxy) is 1. The van der Waals surface area contributed by atoms with Crippen molar-refractivity contribution in [3.63, 3.8) is 0 Å². The summed E-state index contributed by atoms with van der Waals surface area (Å²) in [5, 5.41) is 19.6. The minimum Gasteiger partial charge on any atom is -0.494 e. The Labute approximate surface area is 202 Å². The maximum absolute atomic E-state index is 12.1. The summed E-state index contributed by atoms with van der Waals surface area (Å²) in [6.45, 7) is 4.38. The molecule has 0 unspecified atom stereocenters. The summed E-state index contributed by atoms with van der Waals surface area (Å²) >= 11 is 0. The standard InChI is InChI=1S/C27H29N5O3/c1-14(2)32-21-9-6-15(35-13-22(33)30(3)4)10-17(21)24-18-11-28-27(34)25(18)23-16(26(24)32)7-8-20-19(23)12-31(5)29-20/h6,9-12,14,28,34H,7-8,13H2,1-5H3. The fourth-order valence-electron chi connectivity index (χ4n) is 5.61. The topological polar surface area (TPSA) is 88.3 Å². The van der Waals surface area contributed by atoms with Gasteiger partial charge in [-0.05, 0) is 50.5 Å². The molecule has 2 aromatic carbocycles. The van der Waals surface area contributed by atoms with Crippen LogP contribution in [0, 0.1) is 0 Å². The van der Waals surface area contributed by atoms with E-state index in [1.807, 2.05) is 30.1 Å². The first-order valence-electron chi connectivity index (χ1n) is 11.9. The average molecular weight is 472 g/mol. The van der Waals surface area contributed by atoms with Gasteiger partial charge in [0.25, 0.3) is 5.91 Å². The lowest BCUT2D eigenvalue weighted by Gasteiger charge is -2.21. The zero-order chi connectivity index (χ0) is 24.6. The third kappa shape index (κ3) is 3.05. The fourth-order valence-corrected chi connectivity index (χ4v) is 5.61. The predicted octanol–water partition coefficient (Wildman–Crippen LogP) is 4.53. The normalized spacial score (nSPS) is 13.1. The van der Waals surface area contributed by atoms with Gasteiger partial charge in [0.05, 0.1) is 16.6 Å². The molecule has 1 amide bonds. The Balaban J connectivity index is 1.70. The SMILES string of the molecule is CC(C)n1c2ccc(OCC(=O)N(C)C)cc2c2c3c[nH]c(O)c3c3c(c21)CCc1nn(C)cc1-3. The van der Waals surface area contributed by atoms with E-state index in [2.05, 4.69) is 40.8 Å². The first kappa shape index (κ1) is 21.6. The van der Waals surface area contributed by atoms with Crippen LogP contribution in [-0.2, 0) is 24.7 Å². The van der Waals surface area contributed by atoms with E-state index in [4.69, 9.17) is 4.74 Å². The third-order valence-electron chi connectivity index (χ3n) is 7.10. The maximum Gasteiger partial charge on any atom is 0.259 e. The summed E-state index contributed by atoms with van der Waals surface area (Å²) in [5.41, 5.74) is 6.75. The lowest BCUT2D eigenvalue weighted by atomic mass is 9.85. The minimum atomic E-state index is -0.0889. The highest BCUT2D eigenvalue weighted by Gasteiger charge is 2.30. The van der Waals surface area contributed by atoms with Crippen LogP contribution in [0.4, 0.5) is 0 Å². The molecule has 1 aliphatic carbocycles. The molecule has 3 heterocycles. The van der Waals surface area contributed by atoms with Gasteiger partial charge in [-0.15, -0.1) is 0 Å². The van der Waals surface area contributed by atoms with Crippen molar-refractivity contribution in [1.82, 2.24) is 24.2 Å². The molecule has 180 valence electrons. The third-order valence-corrected chi connectivity index (χ3v) is 7.10. The number of amides is 1. The largest absolute Gasteiger partial charge is 0.494 e. The molecule has 5 aromatic rings. The Kier molecular flexibility index (Phi) is 4.64. The van der Waals surface area contributed by atoms with Gasteiger partial charge >= 0.3 is 0 Å². The number of hydrogen-bond acceptors (Lipinski definition) is 4. The van der Waals surface area contributed by atoms with Gasteiger partial charge < -0.3 is 24.3 Å². The Morgan fingerprint density at radius 1 is 1.23 bits per heavy atom. The lowest BCUT2D eigenvalue weighted by Crippen LogP contribution is -2.27. The highest BCUT2D eigenvalue weighted by Crippen LogP contribution is 2.49. The zero-order valence-corrected chi connectivity index (χ0v) is 20.6. The maximum atomic E-state index is 12.1. The lowest BCUT2D eigenvalue weighted by molar-refractivity contribution is -0.130. The van der Waals surface area contributed by atoms with E-state index >= 15 is 0 Å². The van der Waals surface area contributed by atoms with Crippen molar-refractivity contribution in [2.24, 2.45) is 7.05 Å². The van der Waals surface area contributed by atoms with Crippen molar-refractivity contribution in [2.45, 2.75) is 32.7 Å². The molecule has 2 N–H and O–H groups in total. The highest BCUT2D eigenvalue weighted by molar-refractivity contribution is 6.26. The summed E-state index contributed by atoms with van der Waals surface area (Å²) in [7, 11) is 5.38. The van der Waals surface area contributed by atoms with Crippen LogP contribution < -0.4 is 4.74 Å². The van der Waals surface area contributed by atoms with E-state index in [1.165, 1.54) is 16.0 Å². The number of carbonyl (C=O) groups is 1. The monoisotopic (exact) mass is 471 g/mol. The van der Waals surface area contributed by atoms with Crippen molar-refractivity contribution in [1.29, 1.82) is 0 Å². The number of aryl methyl sites for hydroxylation is 3. The van der Waals surface area contributed by atoms with Crippen molar-refractivity contribution in [3.8, 4) is 22.8 Å². The first-order valence-corrected chi connectivity index (χ1v) is 11.9. The first-order chi connectivity index (χ1) is 16.8. The summed E-state index contributed by atoms with van der Waals surface area (Å²) < 4.78 is 10.1. The Bertz CT molecular complexity index is 1650. The van der Waals surface area contributed by atoms with Gasteiger partial charge in [-0.3, -0.25) is 9.48 Å². The highest BCUT2D eigenvalue weighted by atomic mass is 16.5. The van der Waals surface area contributed by atoms with Crippen LogP contribution in [0.25, 0.3) is 43.7 Å². The average Bonchev–Trinajstić information content (AvgIpc) is 3.49. The number of fused-ring (bicyclic) bond motifs is 10. The number of aromatic nitrogens is 4. The van der Waals surface area contributed by atoms with Gasteiger partial charge in [0, 0.05) is 72.4 Å². The second-order valence-electron chi connectivity index (χ2n) is 9.89.